The maximum absolute atomic E-state index is 13.7. The molecular formula is C16H12ClFN2O. The van der Waals surface area contributed by atoms with Gasteiger partial charge in [0.15, 0.2) is 12.2 Å². The van der Waals surface area contributed by atoms with Gasteiger partial charge in [0.2, 0.25) is 0 Å². The molecule has 0 amide bonds. The van der Waals surface area contributed by atoms with E-state index in [0.29, 0.717) is 22.9 Å². The first-order valence-corrected chi connectivity index (χ1v) is 6.77. The van der Waals surface area contributed by atoms with Crippen molar-refractivity contribution in [3.63, 3.8) is 0 Å². The minimum atomic E-state index is -0.312. The Morgan fingerprint density at radius 1 is 1.14 bits per heavy atom. The van der Waals surface area contributed by atoms with Crippen molar-refractivity contribution in [1.29, 1.82) is 0 Å². The van der Waals surface area contributed by atoms with Crippen LogP contribution in [0.5, 0.6) is 0 Å². The Hall–Kier alpha value is -2.33. The van der Waals surface area contributed by atoms with Crippen LogP contribution in [0.2, 0.25) is 5.02 Å². The molecular weight excluding hydrogens is 291 g/mol. The lowest BCUT2D eigenvalue weighted by Crippen LogP contribution is -2.01. The normalized spacial score (nSPS) is 10.6. The highest BCUT2D eigenvalue weighted by Crippen LogP contribution is 2.21. The molecule has 3 aromatic rings. The highest BCUT2D eigenvalue weighted by atomic mass is 35.5. The van der Waals surface area contributed by atoms with Crippen LogP contribution in [-0.2, 0) is 6.54 Å². The molecule has 0 unspecified atom stereocenters. The van der Waals surface area contributed by atoms with Gasteiger partial charge in [-0.2, -0.15) is 0 Å². The predicted molar refractivity (Wildman–Crippen MR) is 80.7 cm³/mol. The summed E-state index contributed by atoms with van der Waals surface area (Å²) >= 11 is 5.73. The minimum Gasteiger partial charge on any atom is -0.444 e. The molecule has 0 atom stereocenters. The lowest BCUT2D eigenvalue weighted by atomic mass is 10.1. The lowest BCUT2D eigenvalue weighted by molar-refractivity contribution is 0.572. The van der Waals surface area contributed by atoms with Crippen LogP contribution in [0.3, 0.4) is 0 Å². The van der Waals surface area contributed by atoms with Crippen LogP contribution in [0.25, 0.3) is 11.3 Å². The molecule has 0 fully saturated rings. The van der Waals surface area contributed by atoms with Gasteiger partial charge in [-0.25, -0.2) is 9.37 Å². The number of halogens is 2. The lowest BCUT2D eigenvalue weighted by Gasteiger charge is -2.08. The SMILES string of the molecule is Fc1cc(Cl)ccc1CNc1ccc(-c2cnco2)cc1. The summed E-state index contributed by atoms with van der Waals surface area (Å²) in [4.78, 5) is 3.88. The van der Waals surface area contributed by atoms with Crippen molar-refractivity contribution in [3.8, 4) is 11.3 Å². The molecule has 0 bridgehead atoms. The zero-order valence-corrected chi connectivity index (χ0v) is 11.8. The number of aromatic nitrogens is 1. The first-order valence-electron chi connectivity index (χ1n) is 6.39. The Labute approximate surface area is 126 Å². The summed E-state index contributed by atoms with van der Waals surface area (Å²) in [5.74, 6) is 0.401. The molecule has 1 heterocycles. The fraction of sp³-hybridized carbons (Fsp3) is 0.0625. The van der Waals surface area contributed by atoms with Gasteiger partial charge >= 0.3 is 0 Å². The molecule has 0 aliphatic heterocycles. The van der Waals surface area contributed by atoms with Crippen LogP contribution in [0, 0.1) is 5.82 Å². The highest BCUT2D eigenvalue weighted by Gasteiger charge is 2.04. The summed E-state index contributed by atoms with van der Waals surface area (Å²) in [7, 11) is 0. The molecule has 21 heavy (non-hydrogen) atoms. The van der Waals surface area contributed by atoms with E-state index < -0.39 is 0 Å². The van der Waals surface area contributed by atoms with Gasteiger partial charge in [0.25, 0.3) is 0 Å². The first kappa shape index (κ1) is 13.6. The number of hydrogen-bond donors (Lipinski definition) is 1. The Morgan fingerprint density at radius 3 is 2.62 bits per heavy atom. The summed E-state index contributed by atoms with van der Waals surface area (Å²) in [6.07, 6.45) is 3.05. The van der Waals surface area contributed by atoms with E-state index in [-0.39, 0.29) is 5.82 Å². The van der Waals surface area contributed by atoms with E-state index in [1.165, 1.54) is 12.5 Å². The Balaban J connectivity index is 1.68. The fourth-order valence-corrected chi connectivity index (χ4v) is 2.13. The number of oxazole rings is 1. The van der Waals surface area contributed by atoms with E-state index >= 15 is 0 Å². The monoisotopic (exact) mass is 302 g/mol. The van der Waals surface area contributed by atoms with Gasteiger partial charge < -0.3 is 9.73 Å². The molecule has 0 saturated heterocycles. The molecule has 3 nitrogen and oxygen atoms in total. The van der Waals surface area contributed by atoms with Gasteiger partial charge in [0.1, 0.15) is 5.82 Å². The van der Waals surface area contributed by atoms with E-state index in [2.05, 4.69) is 10.3 Å². The highest BCUT2D eigenvalue weighted by molar-refractivity contribution is 6.30. The van der Waals surface area contributed by atoms with Crippen LogP contribution in [0.15, 0.2) is 59.5 Å². The van der Waals surface area contributed by atoms with E-state index in [1.807, 2.05) is 24.3 Å². The Bertz CT molecular complexity index is 727. The quantitative estimate of drug-likeness (QED) is 0.756. The molecule has 106 valence electrons. The van der Waals surface area contributed by atoms with Gasteiger partial charge in [-0.15, -0.1) is 0 Å². The predicted octanol–water partition coefficient (Wildman–Crippen LogP) is 4.75. The van der Waals surface area contributed by atoms with Crippen molar-refractivity contribution in [2.24, 2.45) is 0 Å². The molecule has 0 spiro atoms. The van der Waals surface area contributed by atoms with Gasteiger partial charge in [-0.05, 0) is 36.4 Å². The average molecular weight is 303 g/mol. The van der Waals surface area contributed by atoms with E-state index in [1.54, 1.807) is 18.3 Å². The second-order valence-corrected chi connectivity index (χ2v) is 4.97. The number of benzene rings is 2. The van der Waals surface area contributed by atoms with Crippen molar-refractivity contribution in [3.05, 3.63) is 71.5 Å². The summed E-state index contributed by atoms with van der Waals surface area (Å²) in [5, 5.41) is 3.56. The van der Waals surface area contributed by atoms with E-state index in [0.717, 1.165) is 11.3 Å². The summed E-state index contributed by atoms with van der Waals surface area (Å²) in [6.45, 7) is 0.394. The molecule has 0 saturated carbocycles. The fourth-order valence-electron chi connectivity index (χ4n) is 1.97. The molecule has 1 aromatic heterocycles. The van der Waals surface area contributed by atoms with Crippen molar-refractivity contribution in [2.45, 2.75) is 6.54 Å². The Morgan fingerprint density at radius 2 is 1.95 bits per heavy atom. The largest absolute Gasteiger partial charge is 0.444 e. The van der Waals surface area contributed by atoms with Crippen LogP contribution < -0.4 is 5.32 Å². The van der Waals surface area contributed by atoms with Gasteiger partial charge in [-0.1, -0.05) is 17.7 Å². The number of nitrogens with one attached hydrogen (secondary N) is 1. The van der Waals surface area contributed by atoms with Crippen molar-refractivity contribution >= 4 is 17.3 Å². The maximum Gasteiger partial charge on any atom is 0.181 e. The number of anilines is 1. The standard InChI is InChI=1S/C16H12ClFN2O/c17-13-4-1-12(15(18)7-13)8-20-14-5-2-11(3-6-14)16-9-19-10-21-16/h1-7,9-10,20H,8H2. The number of nitrogens with zero attached hydrogens (tertiary/aromatic N) is 1. The Kier molecular flexibility index (Phi) is 3.88. The molecule has 2 aromatic carbocycles. The van der Waals surface area contributed by atoms with Gasteiger partial charge in [0.05, 0.1) is 6.20 Å². The van der Waals surface area contributed by atoms with Crippen molar-refractivity contribution in [1.82, 2.24) is 4.98 Å². The van der Waals surface area contributed by atoms with Crippen molar-refractivity contribution < 1.29 is 8.81 Å². The first-order chi connectivity index (χ1) is 10.2. The minimum absolute atomic E-state index is 0.312. The van der Waals surface area contributed by atoms with Crippen LogP contribution in [-0.4, -0.2) is 4.98 Å². The molecule has 0 aliphatic carbocycles. The second-order valence-electron chi connectivity index (χ2n) is 4.53. The van der Waals surface area contributed by atoms with Crippen LogP contribution in [0.1, 0.15) is 5.56 Å². The molecule has 5 heteroatoms. The van der Waals surface area contributed by atoms with E-state index in [9.17, 15) is 4.39 Å². The molecule has 0 radical (unpaired) electrons. The summed E-state index contributed by atoms with van der Waals surface area (Å²) in [6, 6.07) is 12.3. The molecule has 1 N–H and O–H groups in total. The molecule has 3 rings (SSSR count). The maximum atomic E-state index is 13.7. The summed E-state index contributed by atoms with van der Waals surface area (Å²) < 4.78 is 18.9. The van der Waals surface area contributed by atoms with Crippen LogP contribution in [0.4, 0.5) is 10.1 Å². The third-order valence-corrected chi connectivity index (χ3v) is 3.33. The third kappa shape index (κ3) is 3.23. The summed E-state index contributed by atoms with van der Waals surface area (Å²) in [5.41, 5.74) is 2.40. The second kappa shape index (κ2) is 5.97. The molecule has 0 aliphatic rings. The topological polar surface area (TPSA) is 38.1 Å². The smallest absolute Gasteiger partial charge is 0.181 e. The van der Waals surface area contributed by atoms with E-state index in [4.69, 9.17) is 16.0 Å². The van der Waals surface area contributed by atoms with Gasteiger partial charge in [0, 0.05) is 28.4 Å². The number of hydrogen-bond acceptors (Lipinski definition) is 3. The average Bonchev–Trinajstić information content (AvgIpc) is 3.01. The van der Waals surface area contributed by atoms with Crippen LogP contribution >= 0.6 is 11.6 Å². The third-order valence-electron chi connectivity index (χ3n) is 3.10. The van der Waals surface area contributed by atoms with Gasteiger partial charge in [-0.3, -0.25) is 0 Å². The zero-order chi connectivity index (χ0) is 14.7. The zero-order valence-electron chi connectivity index (χ0n) is 11.0. The number of rotatable bonds is 4. The van der Waals surface area contributed by atoms with Crippen molar-refractivity contribution in [2.75, 3.05) is 5.32 Å².